The molecule has 6 nitrogen and oxygen atoms in total. The van der Waals surface area contributed by atoms with Crippen LogP contribution in [-0.2, 0) is 25.9 Å². The minimum Gasteiger partial charge on any atom is -0.353 e. The third-order valence-electron chi connectivity index (χ3n) is 4.45. The molecule has 0 aliphatic carbocycles. The van der Waals surface area contributed by atoms with Crippen molar-refractivity contribution >= 4 is 5.96 Å². The van der Waals surface area contributed by atoms with Gasteiger partial charge < -0.3 is 14.8 Å². The van der Waals surface area contributed by atoms with Gasteiger partial charge in [-0.3, -0.25) is 4.99 Å². The predicted octanol–water partition coefficient (Wildman–Crippen LogP) is 2.03. The number of aliphatic imine (C=N–C) groups is 1. The molecule has 2 aromatic rings. The molecule has 0 spiro atoms. The molecule has 0 fully saturated rings. The molecule has 3 rings (SSSR count). The molecule has 0 bridgehead atoms. The van der Waals surface area contributed by atoms with Gasteiger partial charge in [0.2, 0.25) is 0 Å². The van der Waals surface area contributed by atoms with Crippen molar-refractivity contribution in [2.45, 2.75) is 32.9 Å². The summed E-state index contributed by atoms with van der Waals surface area (Å²) in [5.74, 6) is 1.95. The molecule has 2 heterocycles. The highest BCUT2D eigenvalue weighted by Gasteiger charge is 2.18. The molecular weight excluding hydrogens is 312 g/mol. The molecular formula is C19H26N6. The van der Waals surface area contributed by atoms with Crippen molar-refractivity contribution in [3.63, 3.8) is 0 Å². The summed E-state index contributed by atoms with van der Waals surface area (Å²) < 4.78 is 2.07. The Hall–Kier alpha value is -2.63. The minimum atomic E-state index is 0.697. The standard InChI is InChI=1S/C19H26N6/c1-3-10-20-19(21-11-13-25-15-22-23-18(25)4-2)24-12-9-16-7-5-6-8-17(16)14-24/h3,5-8,15H,1,4,9-14H2,2H3,(H,20,21). The summed E-state index contributed by atoms with van der Waals surface area (Å²) in [7, 11) is 0. The van der Waals surface area contributed by atoms with Gasteiger partial charge in [-0.15, -0.1) is 16.8 Å². The molecule has 132 valence electrons. The van der Waals surface area contributed by atoms with Crippen LogP contribution in [0.5, 0.6) is 0 Å². The zero-order chi connectivity index (χ0) is 17.5. The maximum Gasteiger partial charge on any atom is 0.194 e. The van der Waals surface area contributed by atoms with Crippen LogP contribution in [0.1, 0.15) is 23.9 Å². The van der Waals surface area contributed by atoms with E-state index in [1.165, 1.54) is 11.1 Å². The van der Waals surface area contributed by atoms with Gasteiger partial charge in [-0.05, 0) is 17.5 Å². The largest absolute Gasteiger partial charge is 0.353 e. The van der Waals surface area contributed by atoms with Crippen molar-refractivity contribution in [2.24, 2.45) is 4.99 Å². The fourth-order valence-corrected chi connectivity index (χ4v) is 3.11. The summed E-state index contributed by atoms with van der Waals surface area (Å²) >= 11 is 0. The van der Waals surface area contributed by atoms with Crippen LogP contribution >= 0.6 is 0 Å². The van der Waals surface area contributed by atoms with Gasteiger partial charge in [0.1, 0.15) is 12.2 Å². The number of nitrogens with one attached hydrogen (secondary N) is 1. The molecule has 25 heavy (non-hydrogen) atoms. The number of aryl methyl sites for hydroxylation is 1. The molecule has 0 amide bonds. The molecule has 0 saturated heterocycles. The lowest BCUT2D eigenvalue weighted by atomic mass is 10.0. The summed E-state index contributed by atoms with van der Waals surface area (Å²) in [4.78, 5) is 7.13. The van der Waals surface area contributed by atoms with Gasteiger partial charge in [-0.1, -0.05) is 37.3 Å². The van der Waals surface area contributed by atoms with Gasteiger partial charge in [0.25, 0.3) is 0 Å². The molecule has 0 atom stereocenters. The molecule has 1 N–H and O–H groups in total. The second kappa shape index (κ2) is 8.46. The Morgan fingerprint density at radius 3 is 3.00 bits per heavy atom. The first kappa shape index (κ1) is 17.2. The first-order chi connectivity index (χ1) is 12.3. The van der Waals surface area contributed by atoms with Crippen molar-refractivity contribution < 1.29 is 0 Å². The monoisotopic (exact) mass is 338 g/mol. The van der Waals surface area contributed by atoms with Crippen molar-refractivity contribution in [3.05, 3.63) is 60.2 Å². The van der Waals surface area contributed by atoms with Crippen LogP contribution in [0.2, 0.25) is 0 Å². The number of hydrogen-bond donors (Lipinski definition) is 1. The fourth-order valence-electron chi connectivity index (χ4n) is 3.11. The molecule has 0 unspecified atom stereocenters. The van der Waals surface area contributed by atoms with Crippen LogP contribution in [0.4, 0.5) is 0 Å². The maximum absolute atomic E-state index is 4.82. The van der Waals surface area contributed by atoms with Gasteiger partial charge in [0.15, 0.2) is 5.96 Å². The van der Waals surface area contributed by atoms with Crippen molar-refractivity contribution in [1.29, 1.82) is 0 Å². The Bertz CT molecular complexity index is 733. The van der Waals surface area contributed by atoms with E-state index in [-0.39, 0.29) is 0 Å². The van der Waals surface area contributed by atoms with Crippen molar-refractivity contribution in [2.75, 3.05) is 19.6 Å². The van der Waals surface area contributed by atoms with Crippen LogP contribution in [0, 0.1) is 0 Å². The van der Waals surface area contributed by atoms with E-state index in [1.807, 2.05) is 6.08 Å². The third kappa shape index (κ3) is 4.26. The number of nitrogens with zero attached hydrogens (tertiary/aromatic N) is 5. The molecule has 1 aliphatic rings. The SMILES string of the molecule is C=CCNC(=NCCn1cnnc1CC)N1CCc2ccccc2C1. The lowest BCUT2D eigenvalue weighted by Gasteiger charge is -2.31. The Morgan fingerprint density at radius 1 is 1.36 bits per heavy atom. The maximum atomic E-state index is 4.82. The lowest BCUT2D eigenvalue weighted by Crippen LogP contribution is -2.44. The number of guanidine groups is 1. The first-order valence-electron chi connectivity index (χ1n) is 8.89. The second-order valence-corrected chi connectivity index (χ2v) is 6.11. The van der Waals surface area contributed by atoms with Crippen molar-refractivity contribution in [3.8, 4) is 0 Å². The highest BCUT2D eigenvalue weighted by atomic mass is 15.3. The van der Waals surface area contributed by atoms with Crippen molar-refractivity contribution in [1.82, 2.24) is 25.0 Å². The lowest BCUT2D eigenvalue weighted by molar-refractivity contribution is 0.379. The number of hydrogen-bond acceptors (Lipinski definition) is 3. The van der Waals surface area contributed by atoms with Gasteiger partial charge >= 0.3 is 0 Å². The zero-order valence-corrected chi connectivity index (χ0v) is 14.9. The third-order valence-corrected chi connectivity index (χ3v) is 4.45. The molecule has 1 aromatic heterocycles. The Morgan fingerprint density at radius 2 is 2.20 bits per heavy atom. The minimum absolute atomic E-state index is 0.697. The first-order valence-corrected chi connectivity index (χ1v) is 8.89. The number of benzene rings is 1. The molecule has 6 heteroatoms. The van der Waals surface area contributed by atoms with Gasteiger partial charge in [0.05, 0.1) is 6.54 Å². The van der Waals surface area contributed by atoms with Crippen LogP contribution in [0.3, 0.4) is 0 Å². The summed E-state index contributed by atoms with van der Waals surface area (Å²) in [6.07, 6.45) is 5.58. The summed E-state index contributed by atoms with van der Waals surface area (Å²) in [5, 5.41) is 11.5. The van der Waals surface area contributed by atoms with E-state index in [9.17, 15) is 0 Å². The summed E-state index contributed by atoms with van der Waals surface area (Å²) in [6, 6.07) is 8.65. The second-order valence-electron chi connectivity index (χ2n) is 6.11. The Labute approximate surface area is 149 Å². The van der Waals surface area contributed by atoms with E-state index < -0.39 is 0 Å². The van der Waals surface area contributed by atoms with Gasteiger partial charge in [-0.2, -0.15) is 0 Å². The van der Waals surface area contributed by atoms with E-state index in [0.29, 0.717) is 13.1 Å². The average Bonchev–Trinajstić information content (AvgIpc) is 3.11. The smallest absolute Gasteiger partial charge is 0.194 e. The number of rotatable bonds is 6. The van der Waals surface area contributed by atoms with E-state index >= 15 is 0 Å². The predicted molar refractivity (Wildman–Crippen MR) is 100 cm³/mol. The highest BCUT2D eigenvalue weighted by Crippen LogP contribution is 2.18. The molecule has 1 aromatic carbocycles. The van der Waals surface area contributed by atoms with E-state index in [2.05, 4.69) is 62.7 Å². The zero-order valence-electron chi connectivity index (χ0n) is 14.9. The Balaban J connectivity index is 1.68. The number of fused-ring (bicyclic) bond motifs is 1. The van der Waals surface area contributed by atoms with Crippen LogP contribution < -0.4 is 5.32 Å². The summed E-state index contributed by atoms with van der Waals surface area (Å²) in [6.45, 7) is 9.96. The van der Waals surface area contributed by atoms with E-state index in [0.717, 1.165) is 44.3 Å². The quantitative estimate of drug-likeness (QED) is 0.497. The Kier molecular flexibility index (Phi) is 5.82. The topological polar surface area (TPSA) is 58.3 Å². The molecule has 0 saturated carbocycles. The van der Waals surface area contributed by atoms with Gasteiger partial charge in [0, 0.05) is 32.6 Å². The molecule has 0 radical (unpaired) electrons. The fraction of sp³-hybridized carbons (Fsp3) is 0.421. The van der Waals surface area contributed by atoms with Gasteiger partial charge in [-0.25, -0.2) is 0 Å². The van der Waals surface area contributed by atoms with E-state index in [1.54, 1.807) is 6.33 Å². The van der Waals surface area contributed by atoms with Crippen LogP contribution in [0.25, 0.3) is 0 Å². The average molecular weight is 338 g/mol. The highest BCUT2D eigenvalue weighted by molar-refractivity contribution is 5.80. The molecule has 1 aliphatic heterocycles. The van der Waals surface area contributed by atoms with E-state index in [4.69, 9.17) is 4.99 Å². The normalized spacial score (nSPS) is 14.3. The summed E-state index contributed by atoms with van der Waals surface area (Å²) in [5.41, 5.74) is 2.83. The van der Waals surface area contributed by atoms with Crippen LogP contribution in [-0.4, -0.2) is 45.3 Å². The van der Waals surface area contributed by atoms with Crippen LogP contribution in [0.15, 0.2) is 48.2 Å². The number of aromatic nitrogens is 3.